The van der Waals surface area contributed by atoms with Crippen LogP contribution in [-0.2, 0) is 6.42 Å². The smallest absolute Gasteiger partial charge is 0.0534 e. The number of aryl methyl sites for hydroxylation is 1. The zero-order chi connectivity index (χ0) is 12.1. The van der Waals surface area contributed by atoms with E-state index in [2.05, 4.69) is 39.0 Å². The minimum absolute atomic E-state index is 0.146. The van der Waals surface area contributed by atoms with Gasteiger partial charge in [-0.05, 0) is 29.0 Å². The Morgan fingerprint density at radius 2 is 1.94 bits per heavy atom. The first-order valence-electron chi connectivity index (χ1n) is 6.16. The molecule has 16 heavy (non-hydrogen) atoms. The minimum Gasteiger partial charge on any atom is -0.395 e. The van der Waals surface area contributed by atoms with E-state index in [4.69, 9.17) is 0 Å². The highest BCUT2D eigenvalue weighted by Crippen LogP contribution is 2.23. The van der Waals surface area contributed by atoms with Crippen LogP contribution in [0.25, 0.3) is 0 Å². The van der Waals surface area contributed by atoms with Crippen molar-refractivity contribution in [2.75, 3.05) is 6.61 Å². The molecule has 1 aromatic rings. The summed E-state index contributed by atoms with van der Waals surface area (Å²) in [5, 5.41) is 9.20. The van der Waals surface area contributed by atoms with E-state index >= 15 is 0 Å². The fourth-order valence-corrected chi connectivity index (χ4v) is 1.82. The van der Waals surface area contributed by atoms with E-state index in [9.17, 15) is 5.11 Å². The number of aliphatic hydroxyl groups is 1. The molecule has 0 aliphatic carbocycles. The lowest BCUT2D eigenvalue weighted by Crippen LogP contribution is -2.03. The second kappa shape index (κ2) is 6.05. The molecule has 0 heterocycles. The molecule has 1 nitrogen and oxygen atoms in total. The molecule has 1 N–H and O–H groups in total. The number of hydrogen-bond donors (Lipinski definition) is 1. The van der Waals surface area contributed by atoms with Gasteiger partial charge in [-0.3, -0.25) is 0 Å². The summed E-state index contributed by atoms with van der Waals surface area (Å²) in [6.45, 7) is 8.76. The van der Waals surface area contributed by atoms with Crippen molar-refractivity contribution >= 4 is 0 Å². The number of benzene rings is 1. The molecule has 0 aliphatic rings. The van der Waals surface area contributed by atoms with Gasteiger partial charge in [0.25, 0.3) is 0 Å². The summed E-state index contributed by atoms with van der Waals surface area (Å²) >= 11 is 0. The van der Waals surface area contributed by atoms with Gasteiger partial charge < -0.3 is 5.11 Å². The van der Waals surface area contributed by atoms with E-state index in [1.807, 2.05) is 6.92 Å². The summed E-state index contributed by atoms with van der Waals surface area (Å²) in [5.74, 6) is 1.60. The summed E-state index contributed by atoms with van der Waals surface area (Å²) < 4.78 is 0. The second-order valence-corrected chi connectivity index (χ2v) is 4.81. The molecule has 0 aliphatic heterocycles. The Morgan fingerprint density at radius 1 is 1.25 bits per heavy atom. The van der Waals surface area contributed by atoms with Crippen LogP contribution in [0.2, 0.25) is 0 Å². The molecule has 0 saturated carbocycles. The molecule has 0 fully saturated rings. The van der Waals surface area contributed by atoms with Gasteiger partial charge >= 0.3 is 0 Å². The van der Waals surface area contributed by atoms with Gasteiger partial charge in [0, 0.05) is 5.92 Å². The van der Waals surface area contributed by atoms with Crippen LogP contribution in [0, 0.1) is 5.92 Å². The van der Waals surface area contributed by atoms with Gasteiger partial charge in [-0.25, -0.2) is 0 Å². The molecular weight excluding hydrogens is 196 g/mol. The number of rotatable bonds is 5. The number of aliphatic hydroxyl groups excluding tert-OH is 1. The Bertz CT molecular complexity index is 328. The third-order valence-corrected chi connectivity index (χ3v) is 2.95. The van der Waals surface area contributed by atoms with Crippen molar-refractivity contribution in [3.63, 3.8) is 0 Å². The molecule has 1 rings (SSSR count). The molecule has 0 amide bonds. The molecule has 0 bridgehead atoms. The van der Waals surface area contributed by atoms with Crippen molar-refractivity contribution in [3.8, 4) is 0 Å². The van der Waals surface area contributed by atoms with Crippen LogP contribution in [-0.4, -0.2) is 11.7 Å². The van der Waals surface area contributed by atoms with Crippen LogP contribution in [0.4, 0.5) is 0 Å². The summed E-state index contributed by atoms with van der Waals surface area (Å²) in [6.07, 6.45) is 2.28. The molecule has 1 radical (unpaired) electrons. The van der Waals surface area contributed by atoms with E-state index < -0.39 is 0 Å². The summed E-state index contributed by atoms with van der Waals surface area (Å²) in [6, 6.07) is 6.71. The number of hydrogen-bond acceptors (Lipinski definition) is 1. The zero-order valence-corrected chi connectivity index (χ0v) is 10.9. The van der Waals surface area contributed by atoms with Crippen molar-refractivity contribution in [1.82, 2.24) is 0 Å². The molecule has 0 spiro atoms. The maximum absolute atomic E-state index is 9.20. The average Bonchev–Trinajstić information content (AvgIpc) is 2.28. The van der Waals surface area contributed by atoms with Gasteiger partial charge in [-0.1, -0.05) is 52.3 Å². The first-order chi connectivity index (χ1) is 7.58. The van der Waals surface area contributed by atoms with Gasteiger partial charge in [0.15, 0.2) is 0 Å². The Hall–Kier alpha value is -0.820. The van der Waals surface area contributed by atoms with Gasteiger partial charge in [-0.15, -0.1) is 0 Å². The lowest BCUT2D eigenvalue weighted by molar-refractivity contribution is 0.315. The van der Waals surface area contributed by atoms with Crippen LogP contribution >= 0.6 is 0 Å². The molecule has 1 heteroatoms. The first-order valence-corrected chi connectivity index (χ1v) is 6.16. The third kappa shape index (κ3) is 3.34. The molecule has 1 aromatic carbocycles. The van der Waals surface area contributed by atoms with E-state index in [1.54, 1.807) is 0 Å². The first kappa shape index (κ1) is 13.2. The zero-order valence-electron chi connectivity index (χ0n) is 10.9. The van der Waals surface area contributed by atoms with Crippen molar-refractivity contribution < 1.29 is 5.11 Å². The maximum Gasteiger partial charge on any atom is 0.0534 e. The molecule has 0 unspecified atom stereocenters. The lowest BCUT2D eigenvalue weighted by atomic mass is 9.91. The van der Waals surface area contributed by atoms with Crippen molar-refractivity contribution in [1.29, 1.82) is 0 Å². The van der Waals surface area contributed by atoms with Gasteiger partial charge in [0.1, 0.15) is 0 Å². The van der Waals surface area contributed by atoms with Crippen molar-refractivity contribution in [3.05, 3.63) is 40.8 Å². The van der Waals surface area contributed by atoms with Crippen LogP contribution in [0.3, 0.4) is 0 Å². The van der Waals surface area contributed by atoms with E-state index in [-0.39, 0.29) is 6.61 Å². The summed E-state index contributed by atoms with van der Waals surface area (Å²) in [4.78, 5) is 0. The van der Waals surface area contributed by atoms with E-state index in [0.29, 0.717) is 5.92 Å². The van der Waals surface area contributed by atoms with E-state index in [0.717, 1.165) is 12.3 Å². The molecule has 0 atom stereocenters. The molecular formula is C15H23O. The Labute approximate surface area is 99.5 Å². The quantitative estimate of drug-likeness (QED) is 0.800. The highest BCUT2D eigenvalue weighted by molar-refractivity contribution is 5.39. The SMILES string of the molecule is CCCc1cc([C](C)CO)cc(C(C)C)c1. The largest absolute Gasteiger partial charge is 0.395 e. The molecule has 89 valence electrons. The lowest BCUT2D eigenvalue weighted by Gasteiger charge is -2.14. The summed E-state index contributed by atoms with van der Waals surface area (Å²) in [7, 11) is 0. The Balaban J connectivity index is 3.08. The maximum atomic E-state index is 9.20. The fraction of sp³-hybridized carbons (Fsp3) is 0.533. The van der Waals surface area contributed by atoms with Crippen LogP contribution < -0.4 is 0 Å². The Morgan fingerprint density at radius 3 is 2.44 bits per heavy atom. The molecule has 0 saturated heterocycles. The highest BCUT2D eigenvalue weighted by Gasteiger charge is 2.09. The Kier molecular flexibility index (Phi) is 5.01. The predicted molar refractivity (Wildman–Crippen MR) is 69.6 cm³/mol. The van der Waals surface area contributed by atoms with Crippen LogP contribution in [0.5, 0.6) is 0 Å². The topological polar surface area (TPSA) is 20.2 Å². The highest BCUT2D eigenvalue weighted by atomic mass is 16.3. The normalized spacial score (nSPS) is 11.4. The van der Waals surface area contributed by atoms with Gasteiger partial charge in [-0.2, -0.15) is 0 Å². The molecule has 0 aromatic heterocycles. The van der Waals surface area contributed by atoms with Crippen molar-refractivity contribution in [2.45, 2.75) is 46.5 Å². The average molecular weight is 219 g/mol. The van der Waals surface area contributed by atoms with Crippen molar-refractivity contribution in [2.24, 2.45) is 0 Å². The monoisotopic (exact) mass is 219 g/mol. The standard InChI is InChI=1S/C15H23O/c1-5-6-13-7-14(11(2)3)9-15(8-13)12(4)10-16/h7-9,11,16H,5-6,10H2,1-4H3. The second-order valence-electron chi connectivity index (χ2n) is 4.81. The third-order valence-electron chi connectivity index (χ3n) is 2.95. The predicted octanol–water partition coefficient (Wildman–Crippen LogP) is 3.70. The van der Waals surface area contributed by atoms with Gasteiger partial charge in [0.2, 0.25) is 0 Å². The van der Waals surface area contributed by atoms with E-state index in [1.165, 1.54) is 23.1 Å². The summed E-state index contributed by atoms with van der Waals surface area (Å²) in [5.41, 5.74) is 3.95. The minimum atomic E-state index is 0.146. The van der Waals surface area contributed by atoms with Crippen LogP contribution in [0.15, 0.2) is 18.2 Å². The fourth-order valence-electron chi connectivity index (χ4n) is 1.82. The van der Waals surface area contributed by atoms with Crippen LogP contribution in [0.1, 0.15) is 56.7 Å². The van der Waals surface area contributed by atoms with Gasteiger partial charge in [0.05, 0.1) is 6.61 Å².